The number of rotatable bonds is 6. The highest BCUT2D eigenvalue weighted by Gasteiger charge is 2.50. The lowest BCUT2D eigenvalue weighted by molar-refractivity contribution is -0.142. The van der Waals surface area contributed by atoms with Crippen molar-refractivity contribution in [3.05, 3.63) is 66.0 Å². The molecule has 3 atom stereocenters. The predicted octanol–water partition coefficient (Wildman–Crippen LogP) is 2.31. The number of hydrogen-bond donors (Lipinski definition) is 1. The highest BCUT2D eigenvalue weighted by Crippen LogP contribution is 2.31. The molecule has 2 saturated heterocycles. The number of Topliss-reactive ketones (excluding diaryl/α,β-unsaturated/α-hetero) is 1. The zero-order valence-corrected chi connectivity index (χ0v) is 19.5. The highest BCUT2D eigenvalue weighted by molar-refractivity contribution is 6.02. The zero-order valence-electron chi connectivity index (χ0n) is 19.5. The maximum absolute atomic E-state index is 13.7. The van der Waals surface area contributed by atoms with Crippen LogP contribution < -0.4 is 5.32 Å². The van der Waals surface area contributed by atoms with E-state index in [4.69, 9.17) is 0 Å². The van der Waals surface area contributed by atoms with Gasteiger partial charge < -0.3 is 15.1 Å². The van der Waals surface area contributed by atoms with Crippen LogP contribution in [0.25, 0.3) is 0 Å². The van der Waals surface area contributed by atoms with E-state index in [1.54, 1.807) is 58.5 Å². The van der Waals surface area contributed by atoms with Crippen LogP contribution in [-0.4, -0.2) is 69.5 Å². The van der Waals surface area contributed by atoms with Crippen LogP contribution in [0.1, 0.15) is 54.0 Å². The lowest BCUT2D eigenvalue weighted by atomic mass is 9.93. The summed E-state index contributed by atoms with van der Waals surface area (Å²) in [7, 11) is 0. The smallest absolute Gasteiger partial charge is 0.273 e. The molecule has 3 amide bonds. The Morgan fingerprint density at radius 1 is 1.06 bits per heavy atom. The molecular weight excluding hydrogens is 432 g/mol. The van der Waals surface area contributed by atoms with Gasteiger partial charge in [0.25, 0.3) is 11.8 Å². The molecule has 3 heterocycles. The van der Waals surface area contributed by atoms with E-state index in [1.165, 1.54) is 0 Å². The topological polar surface area (TPSA) is 99.7 Å². The number of likely N-dealkylation sites (tertiary alicyclic amines) is 2. The SMILES string of the molecule is CC(C)C[C@H](NC(=O)c1ccccc1)C(=O)N1CCCC2C1C(=O)CN2C(=O)c1ccccn1. The average molecular weight is 463 g/mol. The van der Waals surface area contributed by atoms with Gasteiger partial charge in [0, 0.05) is 18.3 Å². The Morgan fingerprint density at radius 3 is 2.47 bits per heavy atom. The first kappa shape index (κ1) is 23.6. The Labute approximate surface area is 199 Å². The van der Waals surface area contributed by atoms with Crippen molar-refractivity contribution in [3.8, 4) is 0 Å². The Kier molecular flexibility index (Phi) is 7.05. The number of benzene rings is 1. The number of ketones is 1. The van der Waals surface area contributed by atoms with Gasteiger partial charge in [-0.3, -0.25) is 24.2 Å². The van der Waals surface area contributed by atoms with E-state index in [9.17, 15) is 19.2 Å². The first-order chi connectivity index (χ1) is 16.4. The summed E-state index contributed by atoms with van der Waals surface area (Å²) in [5.41, 5.74) is 0.761. The zero-order chi connectivity index (χ0) is 24.2. The second-order valence-electron chi connectivity index (χ2n) is 9.32. The van der Waals surface area contributed by atoms with E-state index in [1.807, 2.05) is 19.9 Å². The van der Waals surface area contributed by atoms with Gasteiger partial charge in [-0.2, -0.15) is 0 Å². The molecule has 1 aromatic heterocycles. The van der Waals surface area contributed by atoms with Gasteiger partial charge in [0.05, 0.1) is 12.6 Å². The van der Waals surface area contributed by atoms with E-state index in [0.29, 0.717) is 31.4 Å². The lowest BCUT2D eigenvalue weighted by Crippen LogP contribution is -2.59. The van der Waals surface area contributed by atoms with Crippen molar-refractivity contribution in [2.24, 2.45) is 5.92 Å². The van der Waals surface area contributed by atoms with Crippen LogP contribution in [0.4, 0.5) is 0 Å². The van der Waals surface area contributed by atoms with Crippen molar-refractivity contribution in [1.82, 2.24) is 20.1 Å². The molecule has 2 fully saturated rings. The number of fused-ring (bicyclic) bond motifs is 1. The van der Waals surface area contributed by atoms with E-state index in [0.717, 1.165) is 0 Å². The Bertz CT molecular complexity index is 1060. The van der Waals surface area contributed by atoms with Gasteiger partial charge in [0.1, 0.15) is 17.8 Å². The largest absolute Gasteiger partial charge is 0.340 e. The summed E-state index contributed by atoms with van der Waals surface area (Å²) in [6.45, 7) is 4.36. The lowest BCUT2D eigenvalue weighted by Gasteiger charge is -2.40. The van der Waals surface area contributed by atoms with Crippen molar-refractivity contribution < 1.29 is 19.2 Å². The fraction of sp³-hybridized carbons (Fsp3) is 0.423. The standard InChI is InChI=1S/C26H30N4O4/c1-17(2)15-20(28-24(32)18-9-4-3-5-10-18)26(34)29-14-8-12-21-23(29)22(31)16-30(21)25(33)19-11-6-7-13-27-19/h3-7,9-11,13,17,20-21,23H,8,12,14-16H2,1-2H3,(H,28,32)/t20-,21?,23?/m0/s1. The summed E-state index contributed by atoms with van der Waals surface area (Å²) in [4.78, 5) is 59.9. The third kappa shape index (κ3) is 4.85. The molecule has 0 saturated carbocycles. The number of amides is 3. The molecule has 8 heteroatoms. The molecule has 2 aliphatic heterocycles. The fourth-order valence-corrected chi connectivity index (χ4v) is 4.90. The minimum Gasteiger partial charge on any atom is -0.340 e. The molecule has 2 aliphatic rings. The minimum atomic E-state index is -0.750. The third-order valence-corrected chi connectivity index (χ3v) is 6.43. The number of nitrogens with one attached hydrogen (secondary N) is 1. The van der Waals surface area contributed by atoms with Crippen LogP contribution in [-0.2, 0) is 9.59 Å². The highest BCUT2D eigenvalue weighted by atomic mass is 16.2. The van der Waals surface area contributed by atoms with Crippen LogP contribution in [0.3, 0.4) is 0 Å². The predicted molar refractivity (Wildman–Crippen MR) is 126 cm³/mol. The van der Waals surface area contributed by atoms with Crippen molar-refractivity contribution >= 4 is 23.5 Å². The summed E-state index contributed by atoms with van der Waals surface area (Å²) in [6.07, 6.45) is 3.32. The van der Waals surface area contributed by atoms with Crippen molar-refractivity contribution in [2.75, 3.05) is 13.1 Å². The molecule has 1 N–H and O–H groups in total. The molecule has 0 radical (unpaired) electrons. The number of carbonyl (C=O) groups excluding carboxylic acids is 4. The number of piperidine rings is 1. The molecule has 0 spiro atoms. The van der Waals surface area contributed by atoms with Crippen molar-refractivity contribution in [3.63, 3.8) is 0 Å². The quantitative estimate of drug-likeness (QED) is 0.710. The van der Waals surface area contributed by atoms with Crippen molar-refractivity contribution in [2.45, 2.75) is 51.2 Å². The van der Waals surface area contributed by atoms with E-state index in [-0.39, 0.29) is 47.7 Å². The van der Waals surface area contributed by atoms with Crippen LogP contribution in [0.2, 0.25) is 0 Å². The molecule has 0 aliphatic carbocycles. The number of carbonyl (C=O) groups is 4. The Balaban J connectivity index is 1.54. The average Bonchev–Trinajstić information content (AvgIpc) is 3.20. The maximum atomic E-state index is 13.7. The second kappa shape index (κ2) is 10.2. The number of hydrogen-bond acceptors (Lipinski definition) is 5. The summed E-state index contributed by atoms with van der Waals surface area (Å²) in [5.74, 6) is -0.884. The Hall–Kier alpha value is -3.55. The summed E-state index contributed by atoms with van der Waals surface area (Å²) in [6, 6.07) is 12.0. The first-order valence-corrected chi connectivity index (χ1v) is 11.8. The molecule has 1 aromatic carbocycles. The van der Waals surface area contributed by atoms with Gasteiger partial charge in [0.15, 0.2) is 5.78 Å². The number of pyridine rings is 1. The van der Waals surface area contributed by atoms with Gasteiger partial charge in [-0.15, -0.1) is 0 Å². The second-order valence-corrected chi connectivity index (χ2v) is 9.32. The van der Waals surface area contributed by atoms with Crippen LogP contribution in [0.5, 0.6) is 0 Å². The van der Waals surface area contributed by atoms with Crippen LogP contribution >= 0.6 is 0 Å². The third-order valence-electron chi connectivity index (χ3n) is 6.43. The van der Waals surface area contributed by atoms with Crippen LogP contribution in [0, 0.1) is 5.92 Å². The van der Waals surface area contributed by atoms with Gasteiger partial charge in [0.2, 0.25) is 5.91 Å². The summed E-state index contributed by atoms with van der Waals surface area (Å²) >= 11 is 0. The molecule has 0 bridgehead atoms. The van der Waals surface area contributed by atoms with Gasteiger partial charge in [-0.05, 0) is 49.4 Å². The minimum absolute atomic E-state index is 0.0419. The summed E-state index contributed by atoms with van der Waals surface area (Å²) < 4.78 is 0. The Morgan fingerprint density at radius 2 is 1.79 bits per heavy atom. The van der Waals surface area contributed by atoms with Crippen LogP contribution in [0.15, 0.2) is 54.7 Å². The van der Waals surface area contributed by atoms with Gasteiger partial charge in [-0.25, -0.2) is 0 Å². The van der Waals surface area contributed by atoms with Gasteiger partial charge in [-0.1, -0.05) is 38.1 Å². The van der Waals surface area contributed by atoms with Crippen molar-refractivity contribution in [1.29, 1.82) is 0 Å². The molecule has 178 valence electrons. The number of aromatic nitrogens is 1. The summed E-state index contributed by atoms with van der Waals surface area (Å²) in [5, 5.41) is 2.88. The normalized spacial score (nSPS) is 20.7. The van der Waals surface area contributed by atoms with E-state index in [2.05, 4.69) is 10.3 Å². The fourth-order valence-electron chi connectivity index (χ4n) is 4.90. The maximum Gasteiger partial charge on any atom is 0.273 e. The number of nitrogens with zero attached hydrogens (tertiary/aromatic N) is 3. The van der Waals surface area contributed by atoms with Gasteiger partial charge >= 0.3 is 0 Å². The van der Waals surface area contributed by atoms with E-state index < -0.39 is 12.1 Å². The first-order valence-electron chi connectivity index (χ1n) is 11.8. The molecule has 8 nitrogen and oxygen atoms in total. The monoisotopic (exact) mass is 462 g/mol. The van der Waals surface area contributed by atoms with E-state index >= 15 is 0 Å². The molecule has 2 aromatic rings. The molecular formula is C26H30N4O4. The molecule has 4 rings (SSSR count). The molecule has 34 heavy (non-hydrogen) atoms. The molecule has 2 unspecified atom stereocenters.